The van der Waals surface area contributed by atoms with Crippen molar-refractivity contribution in [3.05, 3.63) is 35.6 Å². The van der Waals surface area contributed by atoms with Crippen LogP contribution in [0.1, 0.15) is 24.8 Å². The Labute approximate surface area is 156 Å². The number of halogens is 1. The molecule has 1 fully saturated rings. The van der Waals surface area contributed by atoms with Crippen molar-refractivity contribution in [3.8, 4) is 5.75 Å². The number of aliphatic hydroxyl groups is 1. The number of hydrogen-bond donors (Lipinski definition) is 6. The highest BCUT2D eigenvalue weighted by Gasteiger charge is 2.38. The van der Waals surface area contributed by atoms with Crippen molar-refractivity contribution < 1.29 is 33.6 Å². The molecule has 1 aliphatic rings. The molecule has 0 amide bonds. The predicted octanol–water partition coefficient (Wildman–Crippen LogP) is 2.79. The van der Waals surface area contributed by atoms with Gasteiger partial charge in [0.2, 0.25) is 0 Å². The van der Waals surface area contributed by atoms with Crippen LogP contribution in [-0.4, -0.2) is 43.2 Å². The Bertz CT molecular complexity index is 878. The van der Waals surface area contributed by atoms with Crippen LogP contribution in [0, 0.1) is 5.82 Å². The lowest BCUT2D eigenvalue weighted by molar-refractivity contribution is -0.137. The molecule has 1 atom stereocenters. The number of aliphatic carboxylic acids is 1. The highest BCUT2D eigenvalue weighted by atomic mass is 32.3. The number of carboxylic acids is 1. The van der Waals surface area contributed by atoms with E-state index in [1.165, 1.54) is 6.07 Å². The maximum absolute atomic E-state index is 15.1. The monoisotopic (exact) mass is 400 g/mol. The van der Waals surface area contributed by atoms with Gasteiger partial charge in [-0.05, 0) is 42.3 Å². The van der Waals surface area contributed by atoms with Gasteiger partial charge in [0.1, 0.15) is 17.7 Å². The Kier molecular flexibility index (Phi) is 5.45. The average Bonchev–Trinajstić information content (AvgIpc) is 2.84. The molecule has 8 nitrogen and oxygen atoms in total. The maximum atomic E-state index is 15.1. The van der Waals surface area contributed by atoms with Gasteiger partial charge < -0.3 is 15.3 Å². The van der Waals surface area contributed by atoms with E-state index in [0.29, 0.717) is 24.6 Å². The maximum Gasteiger partial charge on any atom is 0.303 e. The number of unbranched alkanes of at least 4 members (excludes halogenated alkanes) is 1. The highest BCUT2D eigenvalue weighted by Crippen LogP contribution is 2.51. The van der Waals surface area contributed by atoms with Crippen molar-refractivity contribution in [1.82, 2.24) is 4.72 Å². The molecule has 3 rings (SSSR count). The number of aromatic hydroxyl groups is 1. The Morgan fingerprint density at radius 1 is 1.30 bits per heavy atom. The van der Waals surface area contributed by atoms with Gasteiger partial charge in [-0.15, -0.1) is 0 Å². The van der Waals surface area contributed by atoms with Crippen molar-refractivity contribution in [2.24, 2.45) is 0 Å². The molecule has 1 unspecified atom stereocenters. The first-order chi connectivity index (χ1) is 12.7. The van der Waals surface area contributed by atoms with E-state index in [2.05, 4.69) is 4.72 Å². The van der Waals surface area contributed by atoms with Crippen LogP contribution in [0.2, 0.25) is 0 Å². The summed E-state index contributed by atoms with van der Waals surface area (Å²) in [6, 6.07) is 6.34. The van der Waals surface area contributed by atoms with E-state index in [9.17, 15) is 24.1 Å². The first-order valence-corrected chi connectivity index (χ1v) is 9.86. The summed E-state index contributed by atoms with van der Waals surface area (Å²) in [4.78, 5) is 10.6. The summed E-state index contributed by atoms with van der Waals surface area (Å²) >= 11 is 0. The van der Waals surface area contributed by atoms with Gasteiger partial charge in [-0.1, -0.05) is 23.1 Å². The van der Waals surface area contributed by atoms with Gasteiger partial charge in [-0.2, -0.15) is 4.72 Å². The molecule has 1 saturated heterocycles. The van der Waals surface area contributed by atoms with Crippen LogP contribution in [0.5, 0.6) is 5.75 Å². The SMILES string of the molecule is O=C(O)CCCCc1ccc2cc(O)c(N3CC(O)NS3(O)O)c(F)c2c1. The first kappa shape index (κ1) is 19.6. The zero-order valence-electron chi connectivity index (χ0n) is 14.3. The molecular weight excluding hydrogens is 379 g/mol. The fourth-order valence-electron chi connectivity index (χ4n) is 3.14. The number of β-amino-alcohol motifs (C(OH)–C–C–N with tert-alkyl or cyclic N) is 1. The summed E-state index contributed by atoms with van der Waals surface area (Å²) in [6.45, 7) is -0.298. The molecule has 1 heterocycles. The second-order valence-electron chi connectivity index (χ2n) is 6.43. The van der Waals surface area contributed by atoms with Gasteiger partial charge in [0.05, 0.1) is 6.54 Å². The number of anilines is 1. The number of phenols is 1. The van der Waals surface area contributed by atoms with Gasteiger partial charge in [-0.25, -0.2) is 8.70 Å². The van der Waals surface area contributed by atoms with Crippen molar-refractivity contribution in [2.75, 3.05) is 10.8 Å². The molecule has 6 N–H and O–H groups in total. The van der Waals surface area contributed by atoms with Crippen molar-refractivity contribution in [1.29, 1.82) is 0 Å². The van der Waals surface area contributed by atoms with Crippen molar-refractivity contribution >= 4 is 33.4 Å². The molecule has 0 bridgehead atoms. The number of rotatable bonds is 6. The number of carboxylic acid groups (broad SMARTS) is 1. The smallest absolute Gasteiger partial charge is 0.303 e. The predicted molar refractivity (Wildman–Crippen MR) is 100 cm³/mol. The van der Waals surface area contributed by atoms with Crippen LogP contribution in [0.15, 0.2) is 24.3 Å². The zero-order valence-corrected chi connectivity index (χ0v) is 15.1. The molecule has 2 aromatic carbocycles. The number of benzene rings is 2. The molecule has 2 aromatic rings. The quantitative estimate of drug-likeness (QED) is 0.408. The number of fused-ring (bicyclic) bond motifs is 1. The Morgan fingerprint density at radius 2 is 2.04 bits per heavy atom. The van der Waals surface area contributed by atoms with E-state index < -0.39 is 40.4 Å². The van der Waals surface area contributed by atoms with Gasteiger partial charge in [0.15, 0.2) is 5.82 Å². The number of nitrogens with one attached hydrogen (secondary N) is 1. The molecule has 1 aliphatic heterocycles. The molecule has 10 heteroatoms. The highest BCUT2D eigenvalue weighted by molar-refractivity contribution is 8.24. The number of aryl methyl sites for hydroxylation is 1. The average molecular weight is 400 g/mol. The van der Waals surface area contributed by atoms with Crippen LogP contribution in [-0.2, 0) is 11.2 Å². The van der Waals surface area contributed by atoms with E-state index in [1.54, 1.807) is 18.2 Å². The minimum Gasteiger partial charge on any atom is -0.506 e. The number of nitrogens with zero attached hydrogens (tertiary/aromatic N) is 1. The topological polar surface area (TPSA) is 133 Å². The number of aliphatic hydroxyl groups excluding tert-OH is 1. The number of hydrogen-bond acceptors (Lipinski definition) is 7. The van der Waals surface area contributed by atoms with Gasteiger partial charge in [0, 0.05) is 11.8 Å². The minimum atomic E-state index is -3.66. The summed E-state index contributed by atoms with van der Waals surface area (Å²) in [5.41, 5.74) is 0.407. The van der Waals surface area contributed by atoms with Crippen LogP contribution in [0.3, 0.4) is 0 Å². The van der Waals surface area contributed by atoms with Crippen molar-refractivity contribution in [3.63, 3.8) is 0 Å². The number of carbonyl (C=O) groups is 1. The lowest BCUT2D eigenvalue weighted by Crippen LogP contribution is -2.26. The lowest BCUT2D eigenvalue weighted by atomic mass is 10.0. The Hall–Kier alpha value is -2.11. The van der Waals surface area contributed by atoms with Crippen molar-refractivity contribution in [2.45, 2.75) is 31.9 Å². The molecule has 0 spiro atoms. The van der Waals surface area contributed by atoms with E-state index in [1.807, 2.05) is 0 Å². The molecule has 0 aliphatic carbocycles. The van der Waals surface area contributed by atoms with E-state index >= 15 is 4.39 Å². The third-order valence-corrected chi connectivity index (χ3v) is 5.93. The molecule has 0 radical (unpaired) electrons. The molecule has 0 saturated carbocycles. The second kappa shape index (κ2) is 7.49. The normalized spacial score (nSPS) is 20.1. The summed E-state index contributed by atoms with van der Waals surface area (Å²) < 4.78 is 38.1. The fraction of sp³-hybridized carbons (Fsp3) is 0.353. The van der Waals surface area contributed by atoms with E-state index in [-0.39, 0.29) is 18.4 Å². The third kappa shape index (κ3) is 4.09. The van der Waals surface area contributed by atoms with Crippen LogP contribution in [0.25, 0.3) is 10.8 Å². The Balaban J connectivity index is 1.93. The van der Waals surface area contributed by atoms with E-state index in [0.717, 1.165) is 9.87 Å². The van der Waals surface area contributed by atoms with Gasteiger partial charge in [0.25, 0.3) is 0 Å². The van der Waals surface area contributed by atoms with Crippen LogP contribution < -0.4 is 9.03 Å². The summed E-state index contributed by atoms with van der Waals surface area (Å²) in [7, 11) is -3.66. The Morgan fingerprint density at radius 3 is 2.67 bits per heavy atom. The molecule has 148 valence electrons. The minimum absolute atomic E-state index is 0.0715. The molecule has 0 aromatic heterocycles. The van der Waals surface area contributed by atoms with Crippen LogP contribution in [0.4, 0.5) is 10.1 Å². The van der Waals surface area contributed by atoms with Gasteiger partial charge in [-0.3, -0.25) is 13.9 Å². The zero-order chi connectivity index (χ0) is 19.8. The summed E-state index contributed by atoms with van der Waals surface area (Å²) in [6.07, 6.45) is 0.507. The standard InChI is InChI=1S/C17H21FN2O6S/c18-16-12-7-10(3-1-2-4-15(23)24)5-6-11(12)8-13(21)17(16)20-9-14(22)19-27(20,25)26/h5-8,14,19,21-22,25-26H,1-4,9H2,(H,23,24). The summed E-state index contributed by atoms with van der Waals surface area (Å²) in [5.74, 6) is -2.15. The van der Waals surface area contributed by atoms with E-state index in [4.69, 9.17) is 5.11 Å². The van der Waals surface area contributed by atoms with Crippen LogP contribution >= 0.6 is 11.0 Å². The fourth-order valence-corrected chi connectivity index (χ4v) is 4.48. The molecule has 27 heavy (non-hydrogen) atoms. The third-order valence-electron chi connectivity index (χ3n) is 4.39. The lowest BCUT2D eigenvalue weighted by Gasteiger charge is -2.37. The largest absolute Gasteiger partial charge is 0.506 e. The number of phenolic OH excluding ortho intramolecular Hbond substituents is 1. The second-order valence-corrected chi connectivity index (χ2v) is 8.14. The molecular formula is C17H21FN2O6S. The first-order valence-electron chi connectivity index (χ1n) is 8.36. The van der Waals surface area contributed by atoms with Gasteiger partial charge >= 0.3 is 5.97 Å². The summed E-state index contributed by atoms with van der Waals surface area (Å²) in [5, 5.41) is 29.1.